The van der Waals surface area contributed by atoms with Crippen LogP contribution >= 0.6 is 0 Å². The van der Waals surface area contributed by atoms with E-state index in [1.165, 1.54) is 18.3 Å². The molecule has 0 unspecified atom stereocenters. The first-order chi connectivity index (χ1) is 15.8. The maximum absolute atomic E-state index is 15.2. The van der Waals surface area contributed by atoms with Gasteiger partial charge in [-0.05, 0) is 37.0 Å². The van der Waals surface area contributed by atoms with Gasteiger partial charge in [0.15, 0.2) is 0 Å². The molecular formula is C25H22F2N4O2. The minimum absolute atomic E-state index is 0.0775. The highest BCUT2D eigenvalue weighted by atomic mass is 19.1. The zero-order chi connectivity index (χ0) is 23.5. The third-order valence-electron chi connectivity index (χ3n) is 5.17. The highest BCUT2D eigenvalue weighted by molar-refractivity contribution is 5.77. The maximum atomic E-state index is 15.2. The Labute approximate surface area is 189 Å². The molecule has 1 aromatic carbocycles. The van der Waals surface area contributed by atoms with Gasteiger partial charge in [0, 0.05) is 41.8 Å². The number of rotatable bonds is 5. The van der Waals surface area contributed by atoms with Crippen molar-refractivity contribution in [3.8, 4) is 34.5 Å². The molecular weight excluding hydrogens is 426 g/mol. The lowest BCUT2D eigenvalue weighted by Gasteiger charge is -2.12. The number of hydrogen-bond acceptors (Lipinski definition) is 4. The number of nitrogens with one attached hydrogen (secondary N) is 2. The Morgan fingerprint density at radius 1 is 1.24 bits per heavy atom. The fraction of sp³-hybridized carbons (Fsp3) is 0.280. The van der Waals surface area contributed by atoms with Crippen LogP contribution in [-0.4, -0.2) is 20.9 Å². The van der Waals surface area contributed by atoms with E-state index in [4.69, 9.17) is 0 Å². The van der Waals surface area contributed by atoms with E-state index in [0.717, 1.165) is 18.9 Å². The van der Waals surface area contributed by atoms with Crippen molar-refractivity contribution in [3.05, 3.63) is 69.8 Å². The Balaban J connectivity index is 1.66. The second-order valence-electron chi connectivity index (χ2n) is 8.22. The molecule has 2 N–H and O–H groups in total. The minimum Gasteiger partial charge on any atom is -0.352 e. The van der Waals surface area contributed by atoms with Crippen LogP contribution in [0.25, 0.3) is 22.6 Å². The van der Waals surface area contributed by atoms with Crippen LogP contribution in [0.4, 0.5) is 8.78 Å². The smallest absolute Gasteiger partial charge is 0.251 e. The lowest BCUT2D eigenvalue weighted by molar-refractivity contribution is -0.124. The summed E-state index contributed by atoms with van der Waals surface area (Å²) in [6, 6.07) is 6.99. The zero-order valence-corrected chi connectivity index (χ0v) is 18.2. The van der Waals surface area contributed by atoms with Crippen LogP contribution in [-0.2, 0) is 11.3 Å². The number of nitrogens with zero attached hydrogens (tertiary/aromatic N) is 2. The van der Waals surface area contributed by atoms with Crippen molar-refractivity contribution in [1.29, 1.82) is 0 Å². The van der Waals surface area contributed by atoms with Crippen molar-refractivity contribution in [3.63, 3.8) is 0 Å². The summed E-state index contributed by atoms with van der Waals surface area (Å²) >= 11 is 0. The molecule has 0 saturated heterocycles. The van der Waals surface area contributed by atoms with Crippen LogP contribution in [0.3, 0.4) is 0 Å². The van der Waals surface area contributed by atoms with Crippen molar-refractivity contribution >= 4 is 5.91 Å². The molecule has 33 heavy (non-hydrogen) atoms. The van der Waals surface area contributed by atoms with Gasteiger partial charge in [-0.2, -0.15) is 0 Å². The van der Waals surface area contributed by atoms with E-state index in [2.05, 4.69) is 32.1 Å². The van der Waals surface area contributed by atoms with Gasteiger partial charge in [-0.1, -0.05) is 25.8 Å². The molecule has 8 heteroatoms. The molecule has 1 fully saturated rings. The summed E-state index contributed by atoms with van der Waals surface area (Å²) in [6.07, 6.45) is 3.75. The molecule has 0 atom stereocenters. The molecule has 168 valence electrons. The lowest BCUT2D eigenvalue weighted by Crippen LogP contribution is -2.27. The van der Waals surface area contributed by atoms with Gasteiger partial charge < -0.3 is 10.3 Å². The molecule has 2 heterocycles. The topological polar surface area (TPSA) is 87.7 Å². The molecule has 6 nitrogen and oxygen atoms in total. The van der Waals surface area contributed by atoms with Gasteiger partial charge in [0.2, 0.25) is 5.91 Å². The summed E-state index contributed by atoms with van der Waals surface area (Å²) < 4.78 is 29.8. The molecule has 2 aromatic heterocycles. The summed E-state index contributed by atoms with van der Waals surface area (Å²) in [4.78, 5) is 35.0. The highest BCUT2D eigenvalue weighted by Gasteiger charge is 2.20. The van der Waals surface area contributed by atoms with Crippen molar-refractivity contribution in [2.45, 2.75) is 33.2 Å². The van der Waals surface area contributed by atoms with Crippen molar-refractivity contribution in [2.24, 2.45) is 11.8 Å². The minimum atomic E-state index is -0.900. The van der Waals surface area contributed by atoms with Gasteiger partial charge in [0.05, 0.1) is 11.3 Å². The quantitative estimate of drug-likeness (QED) is 0.581. The van der Waals surface area contributed by atoms with Gasteiger partial charge in [-0.25, -0.2) is 18.7 Å². The number of hydrogen-bond donors (Lipinski definition) is 2. The van der Waals surface area contributed by atoms with Crippen LogP contribution < -0.4 is 10.9 Å². The Morgan fingerprint density at radius 2 is 2.03 bits per heavy atom. The van der Waals surface area contributed by atoms with E-state index in [1.54, 1.807) is 26.0 Å². The molecule has 4 rings (SSSR count). The number of carbonyl (C=O) groups is 1. The molecule has 1 aliphatic carbocycles. The Morgan fingerprint density at radius 3 is 2.70 bits per heavy atom. The molecule has 0 aliphatic heterocycles. The van der Waals surface area contributed by atoms with Crippen LogP contribution in [0.15, 0.2) is 41.3 Å². The molecule has 0 radical (unpaired) electrons. The predicted molar refractivity (Wildman–Crippen MR) is 120 cm³/mol. The van der Waals surface area contributed by atoms with Gasteiger partial charge in [-0.3, -0.25) is 9.59 Å². The van der Waals surface area contributed by atoms with Crippen molar-refractivity contribution in [2.75, 3.05) is 0 Å². The third-order valence-corrected chi connectivity index (χ3v) is 5.17. The van der Waals surface area contributed by atoms with E-state index in [0.29, 0.717) is 17.2 Å². The summed E-state index contributed by atoms with van der Waals surface area (Å²) in [5, 5.41) is 2.60. The SMILES string of the molecule is CC(C)C(=O)NCc1ccc(F)c(-c2nc(-c3ccc(C#CC4CC4)nc3)cc(=O)[nH]2)c1F. The Bertz CT molecular complexity index is 1320. The number of amides is 1. The Kier molecular flexibility index (Phi) is 6.31. The van der Waals surface area contributed by atoms with Crippen LogP contribution in [0.1, 0.15) is 37.9 Å². The first-order valence-corrected chi connectivity index (χ1v) is 10.7. The van der Waals surface area contributed by atoms with Crippen LogP contribution in [0, 0.1) is 35.3 Å². The molecule has 1 saturated carbocycles. The number of benzene rings is 1. The van der Waals surface area contributed by atoms with E-state index < -0.39 is 22.8 Å². The average molecular weight is 448 g/mol. The fourth-order valence-corrected chi connectivity index (χ4v) is 3.08. The first kappa shape index (κ1) is 22.3. The predicted octanol–water partition coefficient (Wildman–Crippen LogP) is 3.81. The average Bonchev–Trinajstić information content (AvgIpc) is 3.61. The number of pyridine rings is 1. The maximum Gasteiger partial charge on any atom is 0.251 e. The van der Waals surface area contributed by atoms with E-state index in [9.17, 15) is 14.0 Å². The normalized spacial score (nSPS) is 12.9. The number of carbonyl (C=O) groups excluding carboxylic acids is 1. The van der Waals surface area contributed by atoms with Crippen molar-refractivity contribution in [1.82, 2.24) is 20.3 Å². The highest BCUT2D eigenvalue weighted by Crippen LogP contribution is 2.28. The van der Waals surface area contributed by atoms with Gasteiger partial charge >= 0.3 is 0 Å². The summed E-state index contributed by atoms with van der Waals surface area (Å²) in [7, 11) is 0. The second-order valence-corrected chi connectivity index (χ2v) is 8.22. The first-order valence-electron chi connectivity index (χ1n) is 10.7. The van der Waals surface area contributed by atoms with Gasteiger partial charge in [-0.15, -0.1) is 0 Å². The van der Waals surface area contributed by atoms with E-state index >= 15 is 4.39 Å². The largest absolute Gasteiger partial charge is 0.352 e. The van der Waals surface area contributed by atoms with E-state index in [-0.39, 0.29) is 35.5 Å². The summed E-state index contributed by atoms with van der Waals surface area (Å²) in [5.41, 5.74) is 0.383. The lowest BCUT2D eigenvalue weighted by atomic mass is 10.1. The molecule has 0 spiro atoms. The molecule has 0 bridgehead atoms. The van der Waals surface area contributed by atoms with Crippen LogP contribution in [0.2, 0.25) is 0 Å². The summed E-state index contributed by atoms with van der Waals surface area (Å²) in [6.45, 7) is 3.30. The number of halogens is 2. The van der Waals surface area contributed by atoms with E-state index in [1.807, 2.05) is 0 Å². The zero-order valence-electron chi connectivity index (χ0n) is 18.2. The monoisotopic (exact) mass is 448 g/mol. The standard InChI is InChI=1S/C25H22F2N4O2/c1-14(2)25(33)29-13-17-7-10-19(26)22(23(17)27)24-30-20(11-21(32)31-24)16-6-9-18(28-12-16)8-5-15-3-4-15/h6-7,9-12,14-15H,3-4,13H2,1-2H3,(H,29,33)(H,30,31,32). The van der Waals surface area contributed by atoms with Gasteiger partial charge in [0.25, 0.3) is 5.56 Å². The molecule has 1 amide bonds. The number of aromatic amines is 1. The number of H-pyrrole nitrogens is 1. The van der Waals surface area contributed by atoms with Crippen LogP contribution in [0.5, 0.6) is 0 Å². The van der Waals surface area contributed by atoms with Gasteiger partial charge in [0.1, 0.15) is 23.2 Å². The second kappa shape index (κ2) is 9.33. The number of aromatic nitrogens is 3. The van der Waals surface area contributed by atoms with Crippen molar-refractivity contribution < 1.29 is 13.6 Å². The molecule has 3 aromatic rings. The fourth-order valence-electron chi connectivity index (χ4n) is 3.08. The molecule has 1 aliphatic rings. The summed E-state index contributed by atoms with van der Waals surface area (Å²) in [5.74, 6) is 4.01. The Hall–Kier alpha value is -3.86. The third kappa shape index (κ3) is 5.32.